The van der Waals surface area contributed by atoms with Crippen LogP contribution in [0, 0.1) is 11.3 Å². The summed E-state index contributed by atoms with van der Waals surface area (Å²) in [5.41, 5.74) is 1.85. The number of rotatable bonds is 6. The minimum Gasteiger partial charge on any atom is -0.461 e. The van der Waals surface area contributed by atoms with Gasteiger partial charge in [0, 0.05) is 5.38 Å². The highest BCUT2D eigenvalue weighted by Crippen LogP contribution is 2.17. The van der Waals surface area contributed by atoms with Gasteiger partial charge in [0.05, 0.1) is 30.0 Å². The smallest absolute Gasteiger partial charge is 0.312 e. The van der Waals surface area contributed by atoms with Crippen molar-refractivity contribution in [2.45, 2.75) is 13.0 Å². The molecular weight excluding hydrogens is 354 g/mol. The number of amides is 1. The topological polar surface area (TPSA) is 105 Å². The Kier molecular flexibility index (Phi) is 5.41. The summed E-state index contributed by atoms with van der Waals surface area (Å²) in [6, 6.07) is 12.0. The second kappa shape index (κ2) is 8.09. The van der Waals surface area contributed by atoms with E-state index < -0.39 is 11.9 Å². The number of nitrogens with zero attached hydrogens (tertiary/aromatic N) is 2. The molecule has 130 valence electrons. The van der Waals surface area contributed by atoms with Crippen molar-refractivity contribution in [1.29, 1.82) is 5.26 Å². The van der Waals surface area contributed by atoms with Crippen molar-refractivity contribution in [3.05, 3.63) is 70.6 Å². The molecule has 0 bridgehead atoms. The van der Waals surface area contributed by atoms with Crippen LogP contribution >= 0.6 is 11.3 Å². The minimum atomic E-state index is -0.427. The SMILES string of the molecule is N#Cc1ccc(COC(=O)Cc2csc(NC(=O)c3ccco3)n2)cc1. The lowest BCUT2D eigenvalue weighted by molar-refractivity contribution is -0.144. The van der Waals surface area contributed by atoms with Gasteiger partial charge in [-0.15, -0.1) is 11.3 Å². The van der Waals surface area contributed by atoms with E-state index in [1.54, 1.807) is 41.8 Å². The van der Waals surface area contributed by atoms with Gasteiger partial charge in [0.2, 0.25) is 0 Å². The van der Waals surface area contributed by atoms with Crippen LogP contribution in [0.15, 0.2) is 52.5 Å². The van der Waals surface area contributed by atoms with E-state index in [0.717, 1.165) is 5.56 Å². The van der Waals surface area contributed by atoms with E-state index in [2.05, 4.69) is 10.3 Å². The number of esters is 1. The summed E-state index contributed by atoms with van der Waals surface area (Å²) in [5.74, 6) is -0.647. The third-order valence-corrected chi connectivity index (χ3v) is 4.13. The molecule has 26 heavy (non-hydrogen) atoms. The van der Waals surface area contributed by atoms with Crippen LogP contribution in [0.2, 0.25) is 0 Å². The van der Waals surface area contributed by atoms with Gasteiger partial charge in [0.25, 0.3) is 5.91 Å². The number of benzene rings is 1. The van der Waals surface area contributed by atoms with Crippen LogP contribution in [0.25, 0.3) is 0 Å². The van der Waals surface area contributed by atoms with Crippen LogP contribution in [0.1, 0.15) is 27.4 Å². The molecule has 3 aromatic rings. The average Bonchev–Trinajstić information content (AvgIpc) is 3.32. The van der Waals surface area contributed by atoms with E-state index in [0.29, 0.717) is 16.4 Å². The summed E-state index contributed by atoms with van der Waals surface area (Å²) in [6.07, 6.45) is 1.41. The number of nitriles is 1. The van der Waals surface area contributed by atoms with Crippen molar-refractivity contribution in [2.24, 2.45) is 0 Å². The Morgan fingerprint density at radius 2 is 2.08 bits per heavy atom. The Balaban J connectivity index is 1.49. The Hall–Kier alpha value is -3.44. The van der Waals surface area contributed by atoms with Crippen LogP contribution in [0.3, 0.4) is 0 Å². The Morgan fingerprint density at radius 1 is 1.27 bits per heavy atom. The van der Waals surface area contributed by atoms with Crippen LogP contribution < -0.4 is 5.32 Å². The summed E-state index contributed by atoms with van der Waals surface area (Å²) in [6.45, 7) is 0.122. The molecule has 1 N–H and O–H groups in total. The Morgan fingerprint density at radius 3 is 2.77 bits per heavy atom. The number of furan rings is 1. The molecule has 0 spiro atoms. The zero-order valence-corrected chi connectivity index (χ0v) is 14.3. The Labute approximate surface area is 152 Å². The number of nitrogens with one attached hydrogen (secondary N) is 1. The maximum absolute atomic E-state index is 11.9. The molecular formula is C18H13N3O4S. The Bertz CT molecular complexity index is 940. The van der Waals surface area contributed by atoms with Gasteiger partial charge in [-0.1, -0.05) is 12.1 Å². The predicted octanol–water partition coefficient (Wildman–Crippen LogP) is 3.15. The fraction of sp³-hybridized carbons (Fsp3) is 0.111. The van der Waals surface area contributed by atoms with Crippen LogP contribution in [0.5, 0.6) is 0 Å². The second-order valence-electron chi connectivity index (χ2n) is 5.22. The van der Waals surface area contributed by atoms with E-state index >= 15 is 0 Å². The van der Waals surface area contributed by atoms with Gasteiger partial charge >= 0.3 is 5.97 Å². The summed E-state index contributed by atoms with van der Waals surface area (Å²) < 4.78 is 10.2. The molecule has 2 aromatic heterocycles. The average molecular weight is 367 g/mol. The molecule has 7 nitrogen and oxygen atoms in total. The third-order valence-electron chi connectivity index (χ3n) is 3.33. The highest BCUT2D eigenvalue weighted by atomic mass is 32.1. The van der Waals surface area contributed by atoms with E-state index in [-0.39, 0.29) is 18.8 Å². The quantitative estimate of drug-likeness (QED) is 0.671. The number of carbonyl (C=O) groups excluding carboxylic acids is 2. The molecule has 1 amide bonds. The number of thiazole rings is 1. The first kappa shape index (κ1) is 17.4. The first-order valence-electron chi connectivity index (χ1n) is 7.58. The van der Waals surface area contributed by atoms with E-state index in [9.17, 15) is 9.59 Å². The standard InChI is InChI=1S/C18H13N3O4S/c19-9-12-3-5-13(6-4-12)10-25-16(22)8-14-11-26-18(20-14)21-17(23)15-2-1-7-24-15/h1-7,11H,8,10H2,(H,20,21,23). The molecule has 1 aromatic carbocycles. The van der Waals surface area contributed by atoms with E-state index in [4.69, 9.17) is 14.4 Å². The normalized spacial score (nSPS) is 10.1. The van der Waals surface area contributed by atoms with Crippen LogP contribution in [-0.4, -0.2) is 16.9 Å². The van der Waals surface area contributed by atoms with Gasteiger partial charge < -0.3 is 9.15 Å². The van der Waals surface area contributed by atoms with Crippen molar-refractivity contribution >= 4 is 28.3 Å². The monoisotopic (exact) mass is 367 g/mol. The molecule has 0 unspecified atom stereocenters. The maximum Gasteiger partial charge on any atom is 0.312 e. The number of aromatic nitrogens is 1. The lowest BCUT2D eigenvalue weighted by Gasteiger charge is -2.04. The van der Waals surface area contributed by atoms with Gasteiger partial charge in [-0.2, -0.15) is 5.26 Å². The number of hydrogen-bond donors (Lipinski definition) is 1. The summed E-state index contributed by atoms with van der Waals surface area (Å²) in [5, 5.41) is 13.4. The van der Waals surface area contributed by atoms with Gasteiger partial charge in [0.1, 0.15) is 6.61 Å². The summed E-state index contributed by atoms with van der Waals surface area (Å²) in [7, 11) is 0. The molecule has 0 atom stereocenters. The molecule has 0 radical (unpaired) electrons. The van der Waals surface area contributed by atoms with Crippen molar-refractivity contribution in [3.63, 3.8) is 0 Å². The van der Waals surface area contributed by atoms with Gasteiger partial charge in [-0.3, -0.25) is 14.9 Å². The molecule has 3 rings (SSSR count). The highest BCUT2D eigenvalue weighted by Gasteiger charge is 2.13. The van der Waals surface area contributed by atoms with Gasteiger partial charge in [0.15, 0.2) is 10.9 Å². The third kappa shape index (κ3) is 4.55. The summed E-state index contributed by atoms with van der Waals surface area (Å²) in [4.78, 5) is 28.0. The zero-order valence-electron chi connectivity index (χ0n) is 13.5. The first-order valence-corrected chi connectivity index (χ1v) is 8.46. The zero-order chi connectivity index (χ0) is 18.4. The van der Waals surface area contributed by atoms with Gasteiger partial charge in [-0.05, 0) is 29.8 Å². The molecule has 0 aliphatic heterocycles. The lowest BCUT2D eigenvalue weighted by Crippen LogP contribution is -2.11. The van der Waals surface area contributed by atoms with Crippen molar-refractivity contribution in [2.75, 3.05) is 5.32 Å². The number of hydrogen-bond acceptors (Lipinski definition) is 7. The first-order chi connectivity index (χ1) is 12.6. The summed E-state index contributed by atoms with van der Waals surface area (Å²) >= 11 is 1.21. The fourth-order valence-corrected chi connectivity index (χ4v) is 2.76. The fourth-order valence-electron chi connectivity index (χ4n) is 2.05. The number of anilines is 1. The molecule has 0 saturated heterocycles. The van der Waals surface area contributed by atoms with Gasteiger partial charge in [-0.25, -0.2) is 4.98 Å². The molecule has 2 heterocycles. The molecule has 0 aliphatic carbocycles. The molecule has 0 saturated carbocycles. The molecule has 8 heteroatoms. The number of carbonyl (C=O) groups is 2. The largest absolute Gasteiger partial charge is 0.461 e. The molecule has 0 aliphatic rings. The van der Waals surface area contributed by atoms with Crippen LogP contribution in [0.4, 0.5) is 5.13 Å². The highest BCUT2D eigenvalue weighted by molar-refractivity contribution is 7.14. The van der Waals surface area contributed by atoms with Crippen molar-refractivity contribution < 1.29 is 18.7 Å². The second-order valence-corrected chi connectivity index (χ2v) is 6.08. The minimum absolute atomic E-state index is 0.00337. The lowest BCUT2D eigenvalue weighted by atomic mass is 10.2. The van der Waals surface area contributed by atoms with Crippen molar-refractivity contribution in [3.8, 4) is 6.07 Å². The predicted molar refractivity (Wildman–Crippen MR) is 93.4 cm³/mol. The molecule has 0 fully saturated rings. The number of ether oxygens (including phenoxy) is 1. The van der Waals surface area contributed by atoms with Crippen LogP contribution in [-0.2, 0) is 22.6 Å². The maximum atomic E-state index is 11.9. The van der Waals surface area contributed by atoms with E-state index in [1.807, 2.05) is 6.07 Å². The van der Waals surface area contributed by atoms with Crippen molar-refractivity contribution in [1.82, 2.24) is 4.98 Å². The van der Waals surface area contributed by atoms with E-state index in [1.165, 1.54) is 17.6 Å².